The van der Waals surface area contributed by atoms with Crippen LogP contribution < -0.4 is 16.2 Å². The van der Waals surface area contributed by atoms with E-state index in [9.17, 15) is 4.79 Å². The van der Waals surface area contributed by atoms with Crippen LogP contribution in [0.2, 0.25) is 0 Å². The van der Waals surface area contributed by atoms with E-state index in [2.05, 4.69) is 26.8 Å². The van der Waals surface area contributed by atoms with Crippen LogP contribution in [-0.4, -0.2) is 62.9 Å². The molecule has 2 saturated heterocycles. The van der Waals surface area contributed by atoms with Crippen molar-refractivity contribution in [2.75, 3.05) is 24.6 Å². The summed E-state index contributed by atoms with van der Waals surface area (Å²) >= 11 is 1.43. The van der Waals surface area contributed by atoms with E-state index >= 15 is 0 Å². The van der Waals surface area contributed by atoms with Crippen LogP contribution in [0.1, 0.15) is 19.8 Å². The SMILES string of the molecule is C[C@@H]1OCC2(CCN(c3ncc(Sc4ccnc5[nH]ccc45)c(=O)n3C)CC2)[C@@H]1N.O=CO. The number of carboxylic acid groups (broad SMARTS) is 1. The third kappa shape index (κ3) is 4.35. The van der Waals surface area contributed by atoms with Crippen molar-refractivity contribution in [3.8, 4) is 0 Å². The van der Waals surface area contributed by atoms with Crippen LogP contribution in [0.25, 0.3) is 11.0 Å². The first-order valence-corrected chi connectivity index (χ1v) is 11.6. The van der Waals surface area contributed by atoms with Crippen LogP contribution in [0.15, 0.2) is 45.3 Å². The largest absolute Gasteiger partial charge is 0.483 e. The molecule has 1 spiro atoms. The summed E-state index contributed by atoms with van der Waals surface area (Å²) in [6.07, 6.45) is 7.30. The number of fused-ring (bicyclic) bond motifs is 1. The quantitative estimate of drug-likeness (QED) is 0.487. The molecule has 33 heavy (non-hydrogen) atoms. The first kappa shape index (κ1) is 23.3. The molecule has 0 aromatic carbocycles. The maximum absolute atomic E-state index is 13.1. The lowest BCUT2D eigenvalue weighted by Crippen LogP contribution is -2.51. The van der Waals surface area contributed by atoms with Crippen LogP contribution in [0.5, 0.6) is 0 Å². The van der Waals surface area contributed by atoms with Gasteiger partial charge in [-0.1, -0.05) is 11.8 Å². The van der Waals surface area contributed by atoms with Crippen LogP contribution in [-0.2, 0) is 16.6 Å². The molecular weight excluding hydrogens is 444 g/mol. The number of ether oxygens (including phenoxy) is 1. The Hall–Kier alpha value is -2.89. The fraction of sp³-hybridized carbons (Fsp3) is 0.455. The van der Waals surface area contributed by atoms with Crippen molar-refractivity contribution in [3.63, 3.8) is 0 Å². The summed E-state index contributed by atoms with van der Waals surface area (Å²) in [7, 11) is 1.80. The molecular formula is C22H28N6O4S. The Balaban J connectivity index is 0.000000821. The van der Waals surface area contributed by atoms with Gasteiger partial charge in [0.2, 0.25) is 5.95 Å². The normalized spacial score (nSPS) is 21.7. The number of nitrogens with one attached hydrogen (secondary N) is 1. The lowest BCUT2D eigenvalue weighted by Gasteiger charge is -2.41. The molecule has 0 radical (unpaired) electrons. The molecule has 2 aliphatic rings. The minimum atomic E-state index is -0.250. The highest BCUT2D eigenvalue weighted by molar-refractivity contribution is 7.99. The molecule has 0 amide bonds. The predicted octanol–water partition coefficient (Wildman–Crippen LogP) is 1.84. The van der Waals surface area contributed by atoms with Gasteiger partial charge in [0.05, 0.1) is 23.8 Å². The van der Waals surface area contributed by atoms with Gasteiger partial charge in [0.15, 0.2) is 0 Å². The van der Waals surface area contributed by atoms with Crippen molar-refractivity contribution < 1.29 is 14.6 Å². The zero-order chi connectivity index (χ0) is 23.6. The summed E-state index contributed by atoms with van der Waals surface area (Å²) in [5.41, 5.74) is 7.25. The standard InChI is InChI=1S/C21H26N6O2S.CH2O2/c1-13-17(22)21(12-29-13)5-9-27(10-6-21)20-25-11-16(19(28)26(20)2)30-15-4-8-24-18-14(15)3-7-23-18;2-1-3/h3-4,7-8,11,13,17H,5-6,9-10,12,22H2,1-2H3,(H,23,24);1H,(H,2,3)/t13-,17+;/m0./s1. The number of piperidine rings is 1. The van der Waals surface area contributed by atoms with Crippen molar-refractivity contribution >= 4 is 35.2 Å². The van der Waals surface area contributed by atoms with Crippen LogP contribution in [0, 0.1) is 5.41 Å². The van der Waals surface area contributed by atoms with E-state index in [0.717, 1.165) is 48.5 Å². The maximum atomic E-state index is 13.1. The maximum Gasteiger partial charge on any atom is 0.290 e. The van der Waals surface area contributed by atoms with Gasteiger partial charge in [-0.15, -0.1) is 0 Å². The monoisotopic (exact) mass is 472 g/mol. The van der Waals surface area contributed by atoms with Gasteiger partial charge in [0, 0.05) is 54.3 Å². The van der Waals surface area contributed by atoms with Crippen LogP contribution >= 0.6 is 11.8 Å². The van der Waals surface area contributed by atoms with Crippen LogP contribution in [0.3, 0.4) is 0 Å². The number of aromatic amines is 1. The molecule has 2 aliphatic heterocycles. The molecule has 10 nitrogen and oxygen atoms in total. The number of nitrogens with two attached hydrogens (primary N) is 1. The second kappa shape index (κ2) is 9.54. The minimum Gasteiger partial charge on any atom is -0.483 e. The number of anilines is 1. The average molecular weight is 473 g/mol. The molecule has 0 saturated carbocycles. The van der Waals surface area contributed by atoms with Gasteiger partial charge in [0.25, 0.3) is 12.0 Å². The van der Waals surface area contributed by atoms with Gasteiger partial charge < -0.3 is 25.5 Å². The van der Waals surface area contributed by atoms with E-state index in [1.165, 1.54) is 11.8 Å². The Labute approximate surface area is 195 Å². The van der Waals surface area contributed by atoms with Gasteiger partial charge in [-0.05, 0) is 31.9 Å². The molecule has 3 aromatic heterocycles. The first-order chi connectivity index (χ1) is 15.9. The van der Waals surface area contributed by atoms with Gasteiger partial charge in [-0.25, -0.2) is 9.97 Å². The number of carbonyl (C=O) groups is 1. The summed E-state index contributed by atoms with van der Waals surface area (Å²) in [5, 5.41) is 7.89. The summed E-state index contributed by atoms with van der Waals surface area (Å²) in [5.74, 6) is 0.709. The molecule has 0 aliphatic carbocycles. The van der Waals surface area contributed by atoms with Crippen LogP contribution in [0.4, 0.5) is 5.95 Å². The Morgan fingerprint density at radius 2 is 2.03 bits per heavy atom. The number of pyridine rings is 1. The molecule has 2 atom stereocenters. The Morgan fingerprint density at radius 3 is 2.70 bits per heavy atom. The highest BCUT2D eigenvalue weighted by Crippen LogP contribution is 2.41. The van der Waals surface area contributed by atoms with E-state index < -0.39 is 0 Å². The van der Waals surface area contributed by atoms with E-state index in [-0.39, 0.29) is 29.6 Å². The second-order valence-corrected chi connectivity index (χ2v) is 9.52. The highest BCUT2D eigenvalue weighted by Gasteiger charge is 2.47. The van der Waals surface area contributed by atoms with E-state index in [1.807, 2.05) is 18.3 Å². The summed E-state index contributed by atoms with van der Waals surface area (Å²) in [6, 6.07) is 3.96. The lowest BCUT2D eigenvalue weighted by atomic mass is 9.73. The Morgan fingerprint density at radius 1 is 1.30 bits per heavy atom. The molecule has 176 valence electrons. The zero-order valence-corrected chi connectivity index (χ0v) is 19.4. The molecule has 0 unspecified atom stereocenters. The predicted molar refractivity (Wildman–Crippen MR) is 126 cm³/mol. The third-order valence-electron chi connectivity index (χ3n) is 6.64. The number of hydrogen-bond acceptors (Lipinski definition) is 8. The van der Waals surface area contributed by atoms with Crippen molar-refractivity contribution in [2.45, 2.75) is 41.7 Å². The van der Waals surface area contributed by atoms with E-state index in [4.69, 9.17) is 20.4 Å². The number of H-pyrrole nitrogens is 1. The summed E-state index contributed by atoms with van der Waals surface area (Å²) in [4.78, 5) is 37.3. The first-order valence-electron chi connectivity index (χ1n) is 10.8. The van der Waals surface area contributed by atoms with Crippen molar-refractivity contribution in [1.82, 2.24) is 19.5 Å². The molecule has 5 heterocycles. The van der Waals surface area contributed by atoms with Crippen molar-refractivity contribution in [3.05, 3.63) is 41.1 Å². The molecule has 0 bridgehead atoms. The summed E-state index contributed by atoms with van der Waals surface area (Å²) < 4.78 is 7.47. The fourth-order valence-corrected chi connectivity index (χ4v) is 5.62. The van der Waals surface area contributed by atoms with Gasteiger partial charge in [-0.3, -0.25) is 14.2 Å². The molecule has 11 heteroatoms. The lowest BCUT2D eigenvalue weighted by molar-refractivity contribution is -0.122. The van der Waals surface area contributed by atoms with Crippen molar-refractivity contribution in [1.29, 1.82) is 0 Å². The second-order valence-electron chi connectivity index (χ2n) is 8.43. The average Bonchev–Trinajstić information content (AvgIpc) is 3.40. The Kier molecular flexibility index (Phi) is 6.73. The summed E-state index contributed by atoms with van der Waals surface area (Å²) in [6.45, 7) is 4.18. The third-order valence-corrected chi connectivity index (χ3v) is 7.72. The molecule has 4 N–H and O–H groups in total. The Bertz CT molecular complexity index is 1190. The smallest absolute Gasteiger partial charge is 0.290 e. The fourth-order valence-electron chi connectivity index (χ4n) is 4.65. The minimum absolute atomic E-state index is 0.0414. The molecule has 5 rings (SSSR count). The number of rotatable bonds is 3. The zero-order valence-electron chi connectivity index (χ0n) is 18.6. The van der Waals surface area contributed by atoms with Gasteiger partial charge in [0.1, 0.15) is 5.65 Å². The topological polar surface area (TPSA) is 139 Å². The molecule has 3 aromatic rings. The van der Waals surface area contributed by atoms with Gasteiger partial charge >= 0.3 is 0 Å². The number of aromatic nitrogens is 4. The van der Waals surface area contributed by atoms with Gasteiger partial charge in [-0.2, -0.15) is 0 Å². The van der Waals surface area contributed by atoms with Crippen molar-refractivity contribution in [2.24, 2.45) is 18.2 Å². The van der Waals surface area contributed by atoms with E-state index in [1.54, 1.807) is 24.0 Å². The number of hydrogen-bond donors (Lipinski definition) is 3. The van der Waals surface area contributed by atoms with E-state index in [0.29, 0.717) is 10.8 Å². The molecule has 2 fully saturated rings. The highest BCUT2D eigenvalue weighted by atomic mass is 32.2. The number of nitrogens with zero attached hydrogens (tertiary/aromatic N) is 4.